The standard InChI is InChI=1S/C10H14ClN3/c1-6-7(2)13-14-9(11)8(6)10(12)4-3-5-10/h3-5,12H2,1-2H3. The van der Waals surface area contributed by atoms with Crippen molar-refractivity contribution < 1.29 is 0 Å². The lowest BCUT2D eigenvalue weighted by atomic mass is 9.72. The van der Waals surface area contributed by atoms with Crippen LogP contribution in [0.5, 0.6) is 0 Å². The van der Waals surface area contributed by atoms with Crippen molar-refractivity contribution in [3.05, 3.63) is 22.0 Å². The van der Waals surface area contributed by atoms with E-state index in [9.17, 15) is 0 Å². The molecule has 1 saturated carbocycles. The number of rotatable bonds is 1. The van der Waals surface area contributed by atoms with Crippen molar-refractivity contribution in [2.45, 2.75) is 38.6 Å². The molecule has 1 aliphatic carbocycles. The van der Waals surface area contributed by atoms with Crippen molar-refractivity contribution in [2.75, 3.05) is 0 Å². The van der Waals surface area contributed by atoms with E-state index in [1.807, 2.05) is 13.8 Å². The summed E-state index contributed by atoms with van der Waals surface area (Å²) in [7, 11) is 0. The fourth-order valence-corrected chi connectivity index (χ4v) is 2.33. The molecule has 1 heterocycles. The molecule has 0 spiro atoms. The second-order valence-corrected chi connectivity index (χ2v) is 4.44. The van der Waals surface area contributed by atoms with Crippen molar-refractivity contribution in [3.63, 3.8) is 0 Å². The normalized spacial score (nSPS) is 19.1. The predicted octanol–water partition coefficient (Wildman–Crippen LogP) is 2.08. The maximum atomic E-state index is 6.24. The second kappa shape index (κ2) is 3.17. The Labute approximate surface area is 88.7 Å². The molecule has 0 aromatic carbocycles. The van der Waals surface area contributed by atoms with Crippen LogP contribution in [0.1, 0.15) is 36.1 Å². The Balaban J connectivity index is 2.56. The molecule has 2 N–H and O–H groups in total. The highest BCUT2D eigenvalue weighted by atomic mass is 35.5. The van der Waals surface area contributed by atoms with Gasteiger partial charge in [0.05, 0.1) is 5.69 Å². The molecule has 0 aliphatic heterocycles. The monoisotopic (exact) mass is 211 g/mol. The van der Waals surface area contributed by atoms with Gasteiger partial charge in [0.15, 0.2) is 5.15 Å². The van der Waals surface area contributed by atoms with E-state index in [0.29, 0.717) is 5.15 Å². The van der Waals surface area contributed by atoms with Gasteiger partial charge in [-0.2, -0.15) is 5.10 Å². The highest BCUT2D eigenvalue weighted by Crippen LogP contribution is 2.42. The summed E-state index contributed by atoms with van der Waals surface area (Å²) in [6, 6.07) is 0. The van der Waals surface area contributed by atoms with Crippen LogP contribution in [0.4, 0.5) is 0 Å². The van der Waals surface area contributed by atoms with E-state index in [2.05, 4.69) is 10.2 Å². The highest BCUT2D eigenvalue weighted by Gasteiger charge is 2.38. The predicted molar refractivity (Wildman–Crippen MR) is 56.2 cm³/mol. The largest absolute Gasteiger partial charge is 0.321 e. The van der Waals surface area contributed by atoms with Gasteiger partial charge in [-0.1, -0.05) is 11.6 Å². The molecule has 1 aromatic heterocycles. The Morgan fingerprint density at radius 2 is 1.93 bits per heavy atom. The number of hydrogen-bond acceptors (Lipinski definition) is 3. The summed E-state index contributed by atoms with van der Waals surface area (Å²) in [4.78, 5) is 0. The Kier molecular flexibility index (Phi) is 2.24. The van der Waals surface area contributed by atoms with E-state index >= 15 is 0 Å². The summed E-state index contributed by atoms with van der Waals surface area (Å²) in [6.45, 7) is 3.95. The minimum atomic E-state index is -0.248. The molecule has 0 bridgehead atoms. The fraction of sp³-hybridized carbons (Fsp3) is 0.600. The number of aryl methyl sites for hydroxylation is 1. The van der Waals surface area contributed by atoms with Gasteiger partial charge in [0.25, 0.3) is 0 Å². The van der Waals surface area contributed by atoms with E-state index in [0.717, 1.165) is 29.7 Å². The third-order valence-electron chi connectivity index (χ3n) is 3.16. The van der Waals surface area contributed by atoms with E-state index in [4.69, 9.17) is 17.3 Å². The number of hydrogen-bond donors (Lipinski definition) is 1. The zero-order chi connectivity index (χ0) is 10.3. The molecule has 2 rings (SSSR count). The van der Waals surface area contributed by atoms with Crippen LogP contribution in [0.3, 0.4) is 0 Å². The maximum Gasteiger partial charge on any atom is 0.157 e. The first kappa shape index (κ1) is 9.87. The van der Waals surface area contributed by atoms with Crippen LogP contribution in [0.15, 0.2) is 0 Å². The van der Waals surface area contributed by atoms with Crippen LogP contribution in [0.25, 0.3) is 0 Å². The molecule has 76 valence electrons. The topological polar surface area (TPSA) is 51.8 Å². The third kappa shape index (κ3) is 1.31. The molecule has 1 fully saturated rings. The summed E-state index contributed by atoms with van der Waals surface area (Å²) in [5, 5.41) is 8.36. The van der Waals surface area contributed by atoms with E-state index in [1.54, 1.807) is 0 Å². The van der Waals surface area contributed by atoms with Crippen LogP contribution in [0, 0.1) is 13.8 Å². The number of aromatic nitrogens is 2. The first-order chi connectivity index (χ1) is 6.54. The molecule has 1 aromatic rings. The zero-order valence-electron chi connectivity index (χ0n) is 8.47. The SMILES string of the molecule is Cc1nnc(Cl)c(C2(N)CCC2)c1C. The summed E-state index contributed by atoms with van der Waals surface area (Å²) in [5.74, 6) is 0. The molecular formula is C10H14ClN3. The van der Waals surface area contributed by atoms with Gasteiger partial charge in [-0.3, -0.25) is 0 Å². The molecule has 0 unspecified atom stereocenters. The lowest BCUT2D eigenvalue weighted by Gasteiger charge is -2.39. The smallest absolute Gasteiger partial charge is 0.157 e. The van der Waals surface area contributed by atoms with Crippen molar-refractivity contribution in [1.82, 2.24) is 10.2 Å². The Bertz CT molecular complexity index is 372. The summed E-state index contributed by atoms with van der Waals surface area (Å²) < 4.78 is 0. The van der Waals surface area contributed by atoms with E-state index < -0.39 is 0 Å². The maximum absolute atomic E-state index is 6.24. The van der Waals surface area contributed by atoms with Gasteiger partial charge >= 0.3 is 0 Å². The van der Waals surface area contributed by atoms with Gasteiger partial charge < -0.3 is 5.73 Å². The van der Waals surface area contributed by atoms with Crippen LogP contribution in [-0.4, -0.2) is 10.2 Å². The van der Waals surface area contributed by atoms with E-state index in [-0.39, 0.29) is 5.54 Å². The Hall–Kier alpha value is -0.670. The Morgan fingerprint density at radius 1 is 1.29 bits per heavy atom. The fourth-order valence-electron chi connectivity index (χ4n) is 1.97. The Morgan fingerprint density at radius 3 is 2.43 bits per heavy atom. The number of nitrogens with zero attached hydrogens (tertiary/aromatic N) is 2. The average molecular weight is 212 g/mol. The van der Waals surface area contributed by atoms with Crippen LogP contribution >= 0.6 is 11.6 Å². The summed E-state index contributed by atoms with van der Waals surface area (Å²) in [5.41, 5.74) is 9.00. The molecule has 0 amide bonds. The molecule has 4 heteroatoms. The van der Waals surface area contributed by atoms with Crippen molar-refractivity contribution >= 4 is 11.6 Å². The van der Waals surface area contributed by atoms with Crippen molar-refractivity contribution in [1.29, 1.82) is 0 Å². The van der Waals surface area contributed by atoms with Gasteiger partial charge in [-0.15, -0.1) is 5.10 Å². The van der Waals surface area contributed by atoms with Gasteiger partial charge in [0.2, 0.25) is 0 Å². The first-order valence-corrected chi connectivity index (χ1v) is 5.21. The lowest BCUT2D eigenvalue weighted by Crippen LogP contribution is -2.44. The molecule has 1 aliphatic rings. The van der Waals surface area contributed by atoms with Gasteiger partial charge in [0.1, 0.15) is 0 Å². The van der Waals surface area contributed by atoms with Gasteiger partial charge in [-0.25, -0.2) is 0 Å². The van der Waals surface area contributed by atoms with Crippen LogP contribution in [0.2, 0.25) is 5.15 Å². The quantitative estimate of drug-likeness (QED) is 0.774. The van der Waals surface area contributed by atoms with Crippen molar-refractivity contribution in [2.24, 2.45) is 5.73 Å². The minimum absolute atomic E-state index is 0.248. The van der Waals surface area contributed by atoms with Crippen molar-refractivity contribution in [3.8, 4) is 0 Å². The van der Waals surface area contributed by atoms with E-state index in [1.165, 1.54) is 6.42 Å². The second-order valence-electron chi connectivity index (χ2n) is 4.09. The average Bonchev–Trinajstić information content (AvgIpc) is 2.09. The van der Waals surface area contributed by atoms with Crippen LogP contribution in [-0.2, 0) is 5.54 Å². The lowest BCUT2D eigenvalue weighted by molar-refractivity contribution is 0.251. The number of nitrogens with two attached hydrogens (primary N) is 1. The molecule has 0 saturated heterocycles. The van der Waals surface area contributed by atoms with Crippen LogP contribution < -0.4 is 5.73 Å². The summed E-state index contributed by atoms with van der Waals surface area (Å²) >= 11 is 6.05. The molecule has 0 atom stereocenters. The highest BCUT2D eigenvalue weighted by molar-refractivity contribution is 6.30. The molecular weight excluding hydrogens is 198 g/mol. The molecule has 3 nitrogen and oxygen atoms in total. The zero-order valence-corrected chi connectivity index (χ0v) is 9.23. The first-order valence-electron chi connectivity index (χ1n) is 4.83. The summed E-state index contributed by atoms with van der Waals surface area (Å²) in [6.07, 6.45) is 3.17. The minimum Gasteiger partial charge on any atom is -0.321 e. The molecule has 0 radical (unpaired) electrons. The number of halogens is 1. The third-order valence-corrected chi connectivity index (χ3v) is 3.42. The van der Waals surface area contributed by atoms with Gasteiger partial charge in [-0.05, 0) is 38.7 Å². The van der Waals surface area contributed by atoms with Gasteiger partial charge in [0, 0.05) is 11.1 Å². The molecule has 14 heavy (non-hydrogen) atoms.